The van der Waals surface area contributed by atoms with Crippen molar-refractivity contribution in [1.29, 1.82) is 0 Å². The largest absolute Gasteiger partial charge is 0.337 e. The summed E-state index contributed by atoms with van der Waals surface area (Å²) in [4.78, 5) is 13.8. The average molecular weight is 206 g/mol. The molecule has 0 aliphatic rings. The second-order valence-corrected chi connectivity index (χ2v) is 3.93. The number of hydrogen-bond acceptors (Lipinski definition) is 2. The van der Waals surface area contributed by atoms with Gasteiger partial charge >= 0.3 is 0 Å². The number of benzene rings is 1. The Bertz CT molecular complexity index is 347. The first-order valence-electron chi connectivity index (χ1n) is 5.05. The van der Waals surface area contributed by atoms with Gasteiger partial charge in [-0.2, -0.15) is 0 Å². The highest BCUT2D eigenvalue weighted by atomic mass is 16.1. The number of nitrogens with one attached hydrogen (secondary N) is 1. The van der Waals surface area contributed by atoms with Crippen LogP contribution in [0.25, 0.3) is 0 Å². The molecule has 0 fully saturated rings. The fourth-order valence-electron chi connectivity index (χ4n) is 1.22. The number of aryl methyl sites for hydroxylation is 1. The van der Waals surface area contributed by atoms with Crippen LogP contribution in [0, 0.1) is 6.92 Å². The van der Waals surface area contributed by atoms with Gasteiger partial charge in [-0.15, -0.1) is 0 Å². The van der Waals surface area contributed by atoms with Crippen LogP contribution in [0.2, 0.25) is 0 Å². The molecule has 1 N–H and O–H groups in total. The van der Waals surface area contributed by atoms with E-state index >= 15 is 0 Å². The molecule has 1 unspecified atom stereocenters. The Kier molecular flexibility index (Phi) is 3.86. The van der Waals surface area contributed by atoms with Crippen LogP contribution in [-0.4, -0.2) is 31.1 Å². The maximum atomic E-state index is 11.8. The molecule has 0 saturated carbocycles. The van der Waals surface area contributed by atoms with Gasteiger partial charge in [-0.25, -0.2) is 0 Å². The standard InChI is InChI=1S/C12H18N2O/c1-9-7-5-6-8-11(9)12(15)13-10(2)14(3)4/h5-8,10H,1-4H3,(H,13,15). The molecule has 1 rings (SSSR count). The van der Waals surface area contributed by atoms with Crippen molar-refractivity contribution in [3.05, 3.63) is 35.4 Å². The first-order chi connectivity index (χ1) is 7.02. The lowest BCUT2D eigenvalue weighted by molar-refractivity contribution is 0.0899. The van der Waals surface area contributed by atoms with Crippen molar-refractivity contribution in [2.45, 2.75) is 20.0 Å². The maximum absolute atomic E-state index is 11.8. The Labute approximate surface area is 91.1 Å². The highest BCUT2D eigenvalue weighted by Gasteiger charge is 2.12. The summed E-state index contributed by atoms with van der Waals surface area (Å²) in [7, 11) is 3.87. The molecule has 3 heteroatoms. The molecule has 0 aliphatic heterocycles. The minimum absolute atomic E-state index is 0.0192. The highest BCUT2D eigenvalue weighted by molar-refractivity contribution is 5.95. The first kappa shape index (κ1) is 11.7. The Hall–Kier alpha value is -1.35. The molecule has 0 bridgehead atoms. The number of nitrogens with zero attached hydrogens (tertiary/aromatic N) is 1. The zero-order chi connectivity index (χ0) is 11.4. The van der Waals surface area contributed by atoms with Crippen LogP contribution >= 0.6 is 0 Å². The summed E-state index contributed by atoms with van der Waals surface area (Å²) >= 11 is 0. The SMILES string of the molecule is Cc1ccccc1C(=O)NC(C)N(C)C. The summed E-state index contributed by atoms with van der Waals surface area (Å²) in [6.45, 7) is 3.89. The number of rotatable bonds is 3. The zero-order valence-electron chi connectivity index (χ0n) is 9.74. The number of carbonyl (C=O) groups excluding carboxylic acids is 1. The van der Waals surface area contributed by atoms with Crippen LogP contribution in [0.15, 0.2) is 24.3 Å². The smallest absolute Gasteiger partial charge is 0.252 e. The lowest BCUT2D eigenvalue weighted by atomic mass is 10.1. The average Bonchev–Trinajstić information content (AvgIpc) is 2.18. The molecule has 82 valence electrons. The highest BCUT2D eigenvalue weighted by Crippen LogP contribution is 2.06. The van der Waals surface area contributed by atoms with Crippen LogP contribution in [-0.2, 0) is 0 Å². The van der Waals surface area contributed by atoms with Gasteiger partial charge in [0.15, 0.2) is 0 Å². The predicted molar refractivity (Wildman–Crippen MR) is 61.8 cm³/mol. The summed E-state index contributed by atoms with van der Waals surface area (Å²) < 4.78 is 0. The quantitative estimate of drug-likeness (QED) is 0.762. The minimum atomic E-state index is -0.0192. The van der Waals surface area contributed by atoms with E-state index < -0.39 is 0 Å². The van der Waals surface area contributed by atoms with E-state index in [0.717, 1.165) is 11.1 Å². The van der Waals surface area contributed by atoms with Crippen LogP contribution < -0.4 is 5.32 Å². The van der Waals surface area contributed by atoms with E-state index in [1.165, 1.54) is 0 Å². The van der Waals surface area contributed by atoms with Gasteiger partial charge in [-0.1, -0.05) is 18.2 Å². The molecular weight excluding hydrogens is 188 g/mol. The van der Waals surface area contributed by atoms with E-state index in [1.807, 2.05) is 57.1 Å². The molecule has 15 heavy (non-hydrogen) atoms. The Morgan fingerprint density at radius 2 is 1.93 bits per heavy atom. The summed E-state index contributed by atoms with van der Waals surface area (Å²) in [5, 5.41) is 2.92. The lowest BCUT2D eigenvalue weighted by Crippen LogP contribution is -2.42. The molecule has 1 aromatic carbocycles. The second-order valence-electron chi connectivity index (χ2n) is 3.93. The van der Waals surface area contributed by atoms with E-state index in [0.29, 0.717) is 0 Å². The Morgan fingerprint density at radius 1 is 1.33 bits per heavy atom. The van der Waals surface area contributed by atoms with E-state index in [1.54, 1.807) is 0 Å². The normalized spacial score (nSPS) is 12.6. The number of hydrogen-bond donors (Lipinski definition) is 1. The number of carbonyl (C=O) groups is 1. The maximum Gasteiger partial charge on any atom is 0.252 e. The lowest BCUT2D eigenvalue weighted by Gasteiger charge is -2.21. The monoisotopic (exact) mass is 206 g/mol. The summed E-state index contributed by atoms with van der Waals surface area (Å²) in [5.74, 6) is -0.0192. The van der Waals surface area contributed by atoms with Crippen molar-refractivity contribution in [3.8, 4) is 0 Å². The third kappa shape index (κ3) is 3.06. The van der Waals surface area contributed by atoms with Gasteiger partial charge in [0.1, 0.15) is 0 Å². The van der Waals surface area contributed by atoms with Crippen molar-refractivity contribution in [2.24, 2.45) is 0 Å². The third-order valence-corrected chi connectivity index (χ3v) is 2.50. The van der Waals surface area contributed by atoms with Crippen LogP contribution in [0.1, 0.15) is 22.8 Å². The molecule has 1 amide bonds. The van der Waals surface area contributed by atoms with Crippen molar-refractivity contribution in [1.82, 2.24) is 10.2 Å². The molecule has 3 nitrogen and oxygen atoms in total. The van der Waals surface area contributed by atoms with Crippen LogP contribution in [0.3, 0.4) is 0 Å². The molecule has 0 saturated heterocycles. The fraction of sp³-hybridized carbons (Fsp3) is 0.417. The molecular formula is C12H18N2O. The van der Waals surface area contributed by atoms with Gasteiger partial charge in [0.05, 0.1) is 6.17 Å². The molecule has 0 aromatic heterocycles. The van der Waals surface area contributed by atoms with Crippen molar-refractivity contribution >= 4 is 5.91 Å². The molecule has 1 aromatic rings. The first-order valence-corrected chi connectivity index (χ1v) is 5.05. The molecule has 0 heterocycles. The van der Waals surface area contributed by atoms with Gasteiger partial charge in [0.25, 0.3) is 5.91 Å². The van der Waals surface area contributed by atoms with Crippen LogP contribution in [0.4, 0.5) is 0 Å². The van der Waals surface area contributed by atoms with Gasteiger partial charge < -0.3 is 5.32 Å². The second kappa shape index (κ2) is 4.94. The topological polar surface area (TPSA) is 32.3 Å². The predicted octanol–water partition coefficient (Wildman–Crippen LogP) is 1.63. The van der Waals surface area contributed by atoms with Gasteiger partial charge in [-0.05, 0) is 39.6 Å². The minimum Gasteiger partial charge on any atom is -0.337 e. The van der Waals surface area contributed by atoms with Crippen molar-refractivity contribution < 1.29 is 4.79 Å². The number of amides is 1. The summed E-state index contributed by atoms with van der Waals surface area (Å²) in [6.07, 6.45) is 0.0390. The van der Waals surface area contributed by atoms with Crippen molar-refractivity contribution in [3.63, 3.8) is 0 Å². The van der Waals surface area contributed by atoms with Gasteiger partial charge in [0, 0.05) is 5.56 Å². The molecule has 0 aliphatic carbocycles. The van der Waals surface area contributed by atoms with Crippen molar-refractivity contribution in [2.75, 3.05) is 14.1 Å². The summed E-state index contributed by atoms with van der Waals surface area (Å²) in [6, 6.07) is 7.59. The van der Waals surface area contributed by atoms with E-state index in [-0.39, 0.29) is 12.1 Å². The summed E-state index contributed by atoms with van der Waals surface area (Å²) in [5.41, 5.74) is 1.74. The van der Waals surface area contributed by atoms with Crippen LogP contribution in [0.5, 0.6) is 0 Å². The van der Waals surface area contributed by atoms with Gasteiger partial charge in [-0.3, -0.25) is 9.69 Å². The van der Waals surface area contributed by atoms with Gasteiger partial charge in [0.2, 0.25) is 0 Å². The fourth-order valence-corrected chi connectivity index (χ4v) is 1.22. The molecule has 1 atom stereocenters. The molecule has 0 spiro atoms. The Morgan fingerprint density at radius 3 is 2.47 bits per heavy atom. The van der Waals surface area contributed by atoms with E-state index in [2.05, 4.69) is 5.32 Å². The van der Waals surface area contributed by atoms with E-state index in [9.17, 15) is 4.79 Å². The molecule has 0 radical (unpaired) electrons. The zero-order valence-corrected chi connectivity index (χ0v) is 9.74. The van der Waals surface area contributed by atoms with E-state index in [4.69, 9.17) is 0 Å². The third-order valence-electron chi connectivity index (χ3n) is 2.50. The Balaban J connectivity index is 2.74.